The number of para-hydroxylation sites is 1. The predicted molar refractivity (Wildman–Crippen MR) is 57.2 cm³/mol. The van der Waals surface area contributed by atoms with Crippen LogP contribution in [0.4, 0.5) is 0 Å². The lowest BCUT2D eigenvalue weighted by atomic mass is 10.2. The van der Waals surface area contributed by atoms with Gasteiger partial charge in [0.15, 0.2) is 0 Å². The molecule has 0 aliphatic rings. The number of rotatable bonds is 5. The van der Waals surface area contributed by atoms with Crippen molar-refractivity contribution in [2.24, 2.45) is 5.73 Å². The summed E-state index contributed by atoms with van der Waals surface area (Å²) in [5.74, 6) is -1.30. The lowest BCUT2D eigenvalue weighted by Crippen LogP contribution is -2.13. The zero-order chi connectivity index (χ0) is 12.0. The number of nitrogens with two attached hydrogens (primary N) is 1. The highest BCUT2D eigenvalue weighted by Gasteiger charge is 2.06. The highest BCUT2D eigenvalue weighted by atomic mass is 16.5. The summed E-state index contributed by atoms with van der Waals surface area (Å²) in [7, 11) is 0. The van der Waals surface area contributed by atoms with E-state index in [2.05, 4.69) is 0 Å². The van der Waals surface area contributed by atoms with Crippen LogP contribution in [0.15, 0.2) is 36.4 Å². The third kappa shape index (κ3) is 3.45. The molecule has 0 radical (unpaired) electrons. The Kier molecular flexibility index (Phi) is 4.08. The van der Waals surface area contributed by atoms with E-state index in [4.69, 9.17) is 15.6 Å². The molecule has 0 heterocycles. The number of hydrogen-bond acceptors (Lipinski definition) is 3. The van der Waals surface area contributed by atoms with Gasteiger partial charge in [0, 0.05) is 6.08 Å². The van der Waals surface area contributed by atoms with Crippen LogP contribution in [0, 0.1) is 0 Å². The van der Waals surface area contributed by atoms with Gasteiger partial charge in [-0.25, -0.2) is 4.79 Å². The monoisotopic (exact) mass is 221 g/mol. The molecule has 0 fully saturated rings. The molecule has 0 bridgehead atoms. The van der Waals surface area contributed by atoms with Crippen LogP contribution < -0.4 is 10.5 Å². The van der Waals surface area contributed by atoms with Gasteiger partial charge in [-0.15, -0.1) is 0 Å². The highest BCUT2D eigenvalue weighted by molar-refractivity contribution is 5.95. The van der Waals surface area contributed by atoms with Crippen LogP contribution in [0.25, 0.3) is 0 Å². The summed E-state index contributed by atoms with van der Waals surface area (Å²) in [6, 6.07) is 6.50. The summed E-state index contributed by atoms with van der Waals surface area (Å²) in [5.41, 5.74) is 5.41. The van der Waals surface area contributed by atoms with E-state index in [0.29, 0.717) is 5.75 Å². The van der Waals surface area contributed by atoms with Crippen molar-refractivity contribution < 1.29 is 19.4 Å². The normalized spacial score (nSPS) is 10.2. The molecular weight excluding hydrogens is 210 g/mol. The zero-order valence-corrected chi connectivity index (χ0v) is 8.42. The number of benzene rings is 1. The topological polar surface area (TPSA) is 89.6 Å². The minimum atomic E-state index is -1.05. The SMILES string of the molecule is NC(=O)c1ccccc1OCC=CC(=O)O. The molecule has 1 rings (SSSR count). The van der Waals surface area contributed by atoms with E-state index in [1.807, 2.05) is 0 Å². The summed E-state index contributed by atoms with van der Waals surface area (Å²) in [4.78, 5) is 21.2. The maximum absolute atomic E-state index is 11.0. The molecule has 0 saturated carbocycles. The molecule has 0 saturated heterocycles. The Morgan fingerprint density at radius 3 is 2.69 bits per heavy atom. The molecule has 84 valence electrons. The average Bonchev–Trinajstić information content (AvgIpc) is 2.24. The summed E-state index contributed by atoms with van der Waals surface area (Å²) in [5, 5.41) is 8.34. The molecule has 0 aliphatic heterocycles. The smallest absolute Gasteiger partial charge is 0.328 e. The summed E-state index contributed by atoms with van der Waals surface area (Å²) < 4.78 is 5.20. The molecule has 0 aliphatic carbocycles. The Hall–Kier alpha value is -2.30. The van der Waals surface area contributed by atoms with Crippen LogP contribution in [-0.4, -0.2) is 23.6 Å². The second-order valence-electron chi connectivity index (χ2n) is 2.91. The molecule has 1 aromatic rings. The largest absolute Gasteiger partial charge is 0.489 e. The summed E-state index contributed by atoms with van der Waals surface area (Å²) in [6.45, 7) is 0.0661. The molecule has 0 aromatic heterocycles. The number of carboxylic acid groups (broad SMARTS) is 1. The lowest BCUT2D eigenvalue weighted by Gasteiger charge is -2.06. The van der Waals surface area contributed by atoms with Crippen molar-refractivity contribution in [1.29, 1.82) is 0 Å². The number of amides is 1. The van der Waals surface area contributed by atoms with Crippen molar-refractivity contribution in [2.75, 3.05) is 6.61 Å². The first-order valence-corrected chi connectivity index (χ1v) is 4.52. The Labute approximate surface area is 92.1 Å². The lowest BCUT2D eigenvalue weighted by molar-refractivity contribution is -0.131. The number of aliphatic carboxylic acids is 1. The van der Waals surface area contributed by atoms with Crippen molar-refractivity contribution >= 4 is 11.9 Å². The van der Waals surface area contributed by atoms with Gasteiger partial charge in [-0.2, -0.15) is 0 Å². The van der Waals surface area contributed by atoms with Crippen LogP contribution >= 0.6 is 0 Å². The highest BCUT2D eigenvalue weighted by Crippen LogP contribution is 2.16. The van der Waals surface area contributed by atoms with Gasteiger partial charge in [-0.05, 0) is 18.2 Å². The van der Waals surface area contributed by atoms with Gasteiger partial charge in [0.1, 0.15) is 12.4 Å². The Morgan fingerprint density at radius 2 is 2.06 bits per heavy atom. The van der Waals surface area contributed by atoms with E-state index in [-0.39, 0.29) is 12.2 Å². The summed E-state index contributed by atoms with van der Waals surface area (Å²) in [6.07, 6.45) is 2.30. The van der Waals surface area contributed by atoms with E-state index >= 15 is 0 Å². The first-order chi connectivity index (χ1) is 7.61. The van der Waals surface area contributed by atoms with Crippen molar-refractivity contribution in [2.45, 2.75) is 0 Å². The third-order valence-electron chi connectivity index (χ3n) is 1.75. The van der Waals surface area contributed by atoms with E-state index in [1.165, 1.54) is 6.08 Å². The molecule has 1 aromatic carbocycles. The van der Waals surface area contributed by atoms with Crippen LogP contribution in [0.3, 0.4) is 0 Å². The Morgan fingerprint density at radius 1 is 1.38 bits per heavy atom. The fourth-order valence-electron chi connectivity index (χ4n) is 1.08. The van der Waals surface area contributed by atoms with Gasteiger partial charge in [0.2, 0.25) is 0 Å². The summed E-state index contributed by atoms with van der Waals surface area (Å²) >= 11 is 0. The number of primary amides is 1. The minimum Gasteiger partial charge on any atom is -0.489 e. The van der Waals surface area contributed by atoms with Crippen molar-refractivity contribution in [3.05, 3.63) is 42.0 Å². The molecule has 16 heavy (non-hydrogen) atoms. The molecule has 5 heteroatoms. The quantitative estimate of drug-likeness (QED) is 0.720. The maximum atomic E-state index is 11.0. The van der Waals surface area contributed by atoms with E-state index < -0.39 is 11.9 Å². The van der Waals surface area contributed by atoms with E-state index in [0.717, 1.165) is 6.08 Å². The standard InChI is InChI=1S/C11H11NO4/c12-11(15)8-4-1-2-5-9(8)16-7-3-6-10(13)14/h1-6H,7H2,(H2,12,15)(H,13,14). The van der Waals surface area contributed by atoms with Crippen molar-refractivity contribution in [3.8, 4) is 5.75 Å². The van der Waals surface area contributed by atoms with Gasteiger partial charge >= 0.3 is 5.97 Å². The Balaban J connectivity index is 2.67. The van der Waals surface area contributed by atoms with Gasteiger partial charge in [-0.3, -0.25) is 4.79 Å². The number of hydrogen-bond donors (Lipinski definition) is 2. The predicted octanol–water partition coefficient (Wildman–Crippen LogP) is 0.805. The second-order valence-corrected chi connectivity index (χ2v) is 2.91. The molecule has 0 spiro atoms. The number of carbonyl (C=O) groups is 2. The number of ether oxygens (including phenoxy) is 1. The molecular formula is C11H11NO4. The van der Waals surface area contributed by atoms with Gasteiger partial charge < -0.3 is 15.6 Å². The molecule has 0 unspecified atom stereocenters. The van der Waals surface area contributed by atoms with Gasteiger partial charge in [0.05, 0.1) is 5.56 Å². The number of carboxylic acids is 1. The molecule has 0 atom stereocenters. The van der Waals surface area contributed by atoms with E-state index in [9.17, 15) is 9.59 Å². The minimum absolute atomic E-state index is 0.0661. The van der Waals surface area contributed by atoms with E-state index in [1.54, 1.807) is 24.3 Å². The van der Waals surface area contributed by atoms with Crippen LogP contribution in [-0.2, 0) is 4.79 Å². The van der Waals surface area contributed by atoms with Gasteiger partial charge in [0.25, 0.3) is 5.91 Å². The van der Waals surface area contributed by atoms with Crippen molar-refractivity contribution in [3.63, 3.8) is 0 Å². The van der Waals surface area contributed by atoms with Crippen LogP contribution in [0.5, 0.6) is 5.75 Å². The van der Waals surface area contributed by atoms with Gasteiger partial charge in [-0.1, -0.05) is 12.1 Å². The number of carbonyl (C=O) groups excluding carboxylic acids is 1. The third-order valence-corrected chi connectivity index (χ3v) is 1.75. The maximum Gasteiger partial charge on any atom is 0.328 e. The first-order valence-electron chi connectivity index (χ1n) is 4.52. The zero-order valence-electron chi connectivity index (χ0n) is 8.42. The van der Waals surface area contributed by atoms with Crippen LogP contribution in [0.1, 0.15) is 10.4 Å². The molecule has 5 nitrogen and oxygen atoms in total. The molecule has 3 N–H and O–H groups in total. The Bertz CT molecular complexity index is 426. The molecule has 1 amide bonds. The second kappa shape index (κ2) is 5.55. The fraction of sp³-hybridized carbons (Fsp3) is 0.0909. The fourth-order valence-corrected chi connectivity index (χ4v) is 1.08. The average molecular weight is 221 g/mol. The first kappa shape index (κ1) is 11.8. The van der Waals surface area contributed by atoms with Crippen LogP contribution in [0.2, 0.25) is 0 Å². The van der Waals surface area contributed by atoms with Crippen molar-refractivity contribution in [1.82, 2.24) is 0 Å².